The van der Waals surface area contributed by atoms with E-state index in [-0.39, 0.29) is 5.69 Å². The summed E-state index contributed by atoms with van der Waals surface area (Å²) in [6, 6.07) is 1.47. The van der Waals surface area contributed by atoms with E-state index in [9.17, 15) is 4.79 Å². The van der Waals surface area contributed by atoms with Gasteiger partial charge in [0.25, 0.3) is 0 Å². The van der Waals surface area contributed by atoms with Gasteiger partial charge in [-0.25, -0.2) is 4.79 Å². The summed E-state index contributed by atoms with van der Waals surface area (Å²) in [5.74, 6) is -0.999. The number of carboxylic acids is 1. The van der Waals surface area contributed by atoms with Gasteiger partial charge in [-0.05, 0) is 19.0 Å². The van der Waals surface area contributed by atoms with E-state index in [1.165, 1.54) is 6.07 Å². The highest BCUT2D eigenvalue weighted by Crippen LogP contribution is 1.95. The number of nitrogens with zero attached hydrogens (tertiary/aromatic N) is 2. The van der Waals surface area contributed by atoms with Gasteiger partial charge in [-0.2, -0.15) is 5.10 Å². The van der Waals surface area contributed by atoms with Crippen molar-refractivity contribution < 1.29 is 9.90 Å². The number of hydrogen-bond acceptors (Lipinski definition) is 3. The number of carboxylic acid groups (broad SMARTS) is 1. The third-order valence-corrected chi connectivity index (χ3v) is 1.45. The van der Waals surface area contributed by atoms with Gasteiger partial charge < -0.3 is 10.8 Å². The Bertz CT molecular complexity index is 269. The Kier molecular flexibility index (Phi) is 2.82. The van der Waals surface area contributed by atoms with Gasteiger partial charge in [-0.3, -0.25) is 4.68 Å². The van der Waals surface area contributed by atoms with Gasteiger partial charge in [0.2, 0.25) is 0 Å². The number of aromatic nitrogens is 2. The van der Waals surface area contributed by atoms with Crippen LogP contribution in [-0.4, -0.2) is 27.4 Å². The second-order valence-electron chi connectivity index (χ2n) is 2.41. The molecule has 0 aliphatic carbocycles. The molecule has 0 atom stereocenters. The number of aryl methyl sites for hydroxylation is 1. The van der Waals surface area contributed by atoms with Crippen molar-refractivity contribution >= 4 is 5.97 Å². The van der Waals surface area contributed by atoms with Crippen molar-refractivity contribution in [2.75, 3.05) is 6.54 Å². The van der Waals surface area contributed by atoms with E-state index in [1.54, 1.807) is 10.9 Å². The molecule has 5 nitrogen and oxygen atoms in total. The van der Waals surface area contributed by atoms with Crippen molar-refractivity contribution in [2.24, 2.45) is 5.73 Å². The fraction of sp³-hybridized carbons (Fsp3) is 0.429. The Hall–Kier alpha value is -1.36. The summed E-state index contributed by atoms with van der Waals surface area (Å²) in [7, 11) is 0. The fourth-order valence-electron chi connectivity index (χ4n) is 0.854. The summed E-state index contributed by atoms with van der Waals surface area (Å²) >= 11 is 0. The highest BCUT2D eigenvalue weighted by molar-refractivity contribution is 5.84. The van der Waals surface area contributed by atoms with Crippen molar-refractivity contribution in [3.63, 3.8) is 0 Å². The lowest BCUT2D eigenvalue weighted by molar-refractivity contribution is 0.0689. The van der Waals surface area contributed by atoms with Crippen molar-refractivity contribution in [3.8, 4) is 0 Å². The molecule has 0 radical (unpaired) electrons. The predicted octanol–water partition coefficient (Wildman–Crippen LogP) is -0.0699. The lowest BCUT2D eigenvalue weighted by atomic mass is 10.4. The van der Waals surface area contributed by atoms with Crippen LogP contribution in [0.3, 0.4) is 0 Å². The molecule has 1 aromatic heterocycles. The molecule has 0 bridgehead atoms. The Morgan fingerprint density at radius 3 is 3.00 bits per heavy atom. The van der Waals surface area contributed by atoms with Gasteiger partial charge >= 0.3 is 5.97 Å². The van der Waals surface area contributed by atoms with Crippen LogP contribution in [0, 0.1) is 0 Å². The largest absolute Gasteiger partial charge is 0.476 e. The Morgan fingerprint density at radius 2 is 2.50 bits per heavy atom. The Morgan fingerprint density at radius 1 is 1.75 bits per heavy atom. The SMILES string of the molecule is NCCCn1ccc(C(=O)O)n1. The lowest BCUT2D eigenvalue weighted by Crippen LogP contribution is -2.07. The molecule has 0 saturated carbocycles. The van der Waals surface area contributed by atoms with Crippen LogP contribution in [0.5, 0.6) is 0 Å². The highest BCUT2D eigenvalue weighted by atomic mass is 16.4. The van der Waals surface area contributed by atoms with Crippen LogP contribution in [0.25, 0.3) is 0 Å². The van der Waals surface area contributed by atoms with E-state index < -0.39 is 5.97 Å². The lowest BCUT2D eigenvalue weighted by Gasteiger charge is -1.96. The molecule has 5 heteroatoms. The van der Waals surface area contributed by atoms with E-state index in [1.807, 2.05) is 0 Å². The first kappa shape index (κ1) is 8.73. The topological polar surface area (TPSA) is 81.1 Å². The zero-order valence-electron chi connectivity index (χ0n) is 6.60. The average molecular weight is 169 g/mol. The first-order valence-corrected chi connectivity index (χ1v) is 3.71. The number of hydrogen-bond donors (Lipinski definition) is 2. The van der Waals surface area contributed by atoms with Crippen LogP contribution in [0.15, 0.2) is 12.3 Å². The van der Waals surface area contributed by atoms with Gasteiger partial charge in [-0.15, -0.1) is 0 Å². The molecule has 1 aromatic rings. The summed E-state index contributed by atoms with van der Waals surface area (Å²) in [5.41, 5.74) is 5.36. The zero-order valence-corrected chi connectivity index (χ0v) is 6.60. The molecular formula is C7H11N3O2. The van der Waals surface area contributed by atoms with Crippen LogP contribution in [0.1, 0.15) is 16.9 Å². The van der Waals surface area contributed by atoms with Crippen molar-refractivity contribution in [1.29, 1.82) is 0 Å². The second kappa shape index (κ2) is 3.87. The quantitative estimate of drug-likeness (QED) is 0.661. The monoisotopic (exact) mass is 169 g/mol. The number of nitrogens with two attached hydrogens (primary N) is 1. The Labute approximate surface area is 69.8 Å². The molecule has 1 rings (SSSR count). The summed E-state index contributed by atoms with van der Waals surface area (Å²) in [5, 5.41) is 12.3. The molecular weight excluding hydrogens is 158 g/mol. The minimum Gasteiger partial charge on any atom is -0.476 e. The predicted molar refractivity (Wildman–Crippen MR) is 42.9 cm³/mol. The summed E-state index contributed by atoms with van der Waals surface area (Å²) in [6.07, 6.45) is 2.44. The molecule has 1 heterocycles. The molecule has 0 aliphatic heterocycles. The maximum absolute atomic E-state index is 10.4. The van der Waals surface area contributed by atoms with E-state index >= 15 is 0 Å². The van der Waals surface area contributed by atoms with Crippen LogP contribution in [0.2, 0.25) is 0 Å². The highest BCUT2D eigenvalue weighted by Gasteiger charge is 2.05. The molecule has 0 fully saturated rings. The van der Waals surface area contributed by atoms with E-state index in [0.29, 0.717) is 13.1 Å². The molecule has 0 amide bonds. The Balaban J connectivity index is 2.58. The second-order valence-corrected chi connectivity index (χ2v) is 2.41. The van der Waals surface area contributed by atoms with E-state index in [0.717, 1.165) is 6.42 Å². The molecule has 66 valence electrons. The number of carbonyl (C=O) groups is 1. The van der Waals surface area contributed by atoms with Crippen molar-refractivity contribution in [2.45, 2.75) is 13.0 Å². The fourth-order valence-corrected chi connectivity index (χ4v) is 0.854. The third kappa shape index (κ3) is 2.06. The molecule has 0 aromatic carbocycles. The van der Waals surface area contributed by atoms with Gasteiger partial charge in [-0.1, -0.05) is 0 Å². The van der Waals surface area contributed by atoms with Gasteiger partial charge in [0.05, 0.1) is 0 Å². The zero-order chi connectivity index (χ0) is 8.97. The maximum Gasteiger partial charge on any atom is 0.356 e. The van der Waals surface area contributed by atoms with Crippen LogP contribution < -0.4 is 5.73 Å². The van der Waals surface area contributed by atoms with Gasteiger partial charge in [0.15, 0.2) is 5.69 Å². The summed E-state index contributed by atoms with van der Waals surface area (Å²) < 4.78 is 1.58. The molecule has 0 spiro atoms. The number of rotatable bonds is 4. The molecule has 3 N–H and O–H groups in total. The van der Waals surface area contributed by atoms with Crippen LogP contribution in [-0.2, 0) is 6.54 Å². The van der Waals surface area contributed by atoms with Crippen LogP contribution >= 0.6 is 0 Å². The average Bonchev–Trinajstić information content (AvgIpc) is 2.48. The standard InChI is InChI=1S/C7H11N3O2/c8-3-1-4-10-5-2-6(9-10)7(11)12/h2,5H,1,3-4,8H2,(H,11,12). The number of aromatic carboxylic acids is 1. The molecule has 0 unspecified atom stereocenters. The maximum atomic E-state index is 10.4. The first-order chi connectivity index (χ1) is 5.74. The van der Waals surface area contributed by atoms with E-state index in [2.05, 4.69) is 5.10 Å². The smallest absolute Gasteiger partial charge is 0.356 e. The van der Waals surface area contributed by atoms with Crippen molar-refractivity contribution in [3.05, 3.63) is 18.0 Å². The van der Waals surface area contributed by atoms with Gasteiger partial charge in [0.1, 0.15) is 0 Å². The molecule has 0 saturated heterocycles. The molecule has 0 aliphatic rings. The van der Waals surface area contributed by atoms with E-state index in [4.69, 9.17) is 10.8 Å². The van der Waals surface area contributed by atoms with Gasteiger partial charge in [0, 0.05) is 12.7 Å². The third-order valence-electron chi connectivity index (χ3n) is 1.45. The minimum absolute atomic E-state index is 0.0759. The normalized spacial score (nSPS) is 10.1. The summed E-state index contributed by atoms with van der Waals surface area (Å²) in [4.78, 5) is 10.4. The summed E-state index contributed by atoms with van der Waals surface area (Å²) in [6.45, 7) is 1.26. The van der Waals surface area contributed by atoms with Crippen LogP contribution in [0.4, 0.5) is 0 Å². The minimum atomic E-state index is -0.999. The van der Waals surface area contributed by atoms with Crippen molar-refractivity contribution in [1.82, 2.24) is 9.78 Å². The molecule has 12 heavy (non-hydrogen) atoms. The first-order valence-electron chi connectivity index (χ1n) is 3.71.